The van der Waals surface area contributed by atoms with E-state index in [0.29, 0.717) is 17.1 Å². The molecule has 1 aromatic carbocycles. The summed E-state index contributed by atoms with van der Waals surface area (Å²) in [6.07, 6.45) is 3.05. The lowest BCUT2D eigenvalue weighted by Crippen LogP contribution is -3.00. The predicted molar refractivity (Wildman–Crippen MR) is 86.0 cm³/mol. The Morgan fingerprint density at radius 3 is 2.48 bits per heavy atom. The van der Waals surface area contributed by atoms with E-state index >= 15 is 0 Å². The smallest absolute Gasteiger partial charge is 0.344 e. The van der Waals surface area contributed by atoms with E-state index in [9.17, 15) is 9.59 Å². The number of rotatable bonds is 8. The van der Waals surface area contributed by atoms with Gasteiger partial charge in [-0.05, 0) is 36.4 Å². The van der Waals surface area contributed by atoms with Gasteiger partial charge in [0.25, 0.3) is 5.91 Å². The van der Waals surface area contributed by atoms with E-state index in [1.807, 2.05) is 0 Å². The Bertz CT molecular complexity index is 664. The Balaban J connectivity index is 0.00000312. The van der Waals surface area contributed by atoms with Gasteiger partial charge in [0.2, 0.25) is 0 Å². The number of nitrogens with zero attached hydrogens (tertiary/aromatic N) is 1. The summed E-state index contributed by atoms with van der Waals surface area (Å²) >= 11 is 0. The molecular formula is C17H18ClN2O5-. The molecule has 0 spiro atoms. The number of methoxy groups -OCH3 is 1. The summed E-state index contributed by atoms with van der Waals surface area (Å²) in [5.74, 6) is 0.460. The van der Waals surface area contributed by atoms with Crippen molar-refractivity contribution in [1.82, 2.24) is 10.3 Å². The van der Waals surface area contributed by atoms with Gasteiger partial charge >= 0.3 is 5.97 Å². The molecule has 134 valence electrons. The van der Waals surface area contributed by atoms with Gasteiger partial charge in [0.05, 0.1) is 19.2 Å². The van der Waals surface area contributed by atoms with Crippen molar-refractivity contribution in [2.45, 2.75) is 0 Å². The zero-order valence-corrected chi connectivity index (χ0v) is 14.4. The molecule has 0 bridgehead atoms. The average molecular weight is 366 g/mol. The first-order valence-corrected chi connectivity index (χ1v) is 7.30. The Morgan fingerprint density at radius 2 is 1.84 bits per heavy atom. The zero-order valence-electron chi connectivity index (χ0n) is 13.6. The summed E-state index contributed by atoms with van der Waals surface area (Å²) in [6.45, 7) is 0.0711. The minimum Gasteiger partial charge on any atom is -1.00 e. The van der Waals surface area contributed by atoms with Crippen LogP contribution in [0, 0.1) is 0 Å². The molecule has 25 heavy (non-hydrogen) atoms. The molecule has 1 aromatic heterocycles. The number of aromatic nitrogens is 1. The van der Waals surface area contributed by atoms with Gasteiger partial charge in [-0.2, -0.15) is 0 Å². The van der Waals surface area contributed by atoms with Crippen molar-refractivity contribution < 1.29 is 36.2 Å². The van der Waals surface area contributed by atoms with E-state index < -0.39 is 5.97 Å². The van der Waals surface area contributed by atoms with Crippen molar-refractivity contribution in [3.63, 3.8) is 0 Å². The number of carbonyl (C=O) groups is 2. The third-order valence-electron chi connectivity index (χ3n) is 2.99. The van der Waals surface area contributed by atoms with Crippen molar-refractivity contribution in [2.24, 2.45) is 0 Å². The van der Waals surface area contributed by atoms with Crippen LogP contribution in [0.3, 0.4) is 0 Å². The molecule has 8 heteroatoms. The van der Waals surface area contributed by atoms with Crippen molar-refractivity contribution >= 4 is 11.9 Å². The van der Waals surface area contributed by atoms with E-state index in [1.54, 1.807) is 49.7 Å². The molecule has 0 unspecified atom stereocenters. The Labute approximate surface area is 151 Å². The molecule has 0 aliphatic heterocycles. The van der Waals surface area contributed by atoms with Gasteiger partial charge in [-0.25, -0.2) is 4.79 Å². The van der Waals surface area contributed by atoms with Crippen LogP contribution in [0.1, 0.15) is 10.4 Å². The number of amides is 1. The number of hydrogen-bond acceptors (Lipinski definition) is 6. The highest BCUT2D eigenvalue weighted by Crippen LogP contribution is 2.16. The third kappa shape index (κ3) is 7.09. The van der Waals surface area contributed by atoms with E-state index in [0.717, 1.165) is 0 Å². The van der Waals surface area contributed by atoms with Crippen LogP contribution in [0.2, 0.25) is 0 Å². The van der Waals surface area contributed by atoms with Crippen LogP contribution in [-0.2, 0) is 9.53 Å². The Hall–Kier alpha value is -2.80. The van der Waals surface area contributed by atoms with Crippen molar-refractivity contribution in [2.75, 3.05) is 26.9 Å². The molecule has 0 saturated heterocycles. The van der Waals surface area contributed by atoms with Gasteiger partial charge in [0.15, 0.2) is 6.61 Å². The molecule has 0 atom stereocenters. The lowest BCUT2D eigenvalue weighted by atomic mass is 10.3. The molecule has 0 aliphatic rings. The van der Waals surface area contributed by atoms with E-state index in [2.05, 4.69) is 10.3 Å². The normalized spacial score (nSPS) is 9.48. The lowest BCUT2D eigenvalue weighted by Gasteiger charge is -2.08. The quantitative estimate of drug-likeness (QED) is 0.450. The number of carbonyl (C=O) groups excluding carboxylic acids is 2. The third-order valence-corrected chi connectivity index (χ3v) is 2.99. The van der Waals surface area contributed by atoms with E-state index in [4.69, 9.17) is 14.2 Å². The second-order valence-electron chi connectivity index (χ2n) is 4.68. The predicted octanol–water partition coefficient (Wildman–Crippen LogP) is -1.55. The van der Waals surface area contributed by atoms with Crippen LogP contribution in [0.5, 0.6) is 11.5 Å². The summed E-state index contributed by atoms with van der Waals surface area (Å²) < 4.78 is 15.3. The molecule has 1 heterocycles. The van der Waals surface area contributed by atoms with Crippen LogP contribution in [-0.4, -0.2) is 43.7 Å². The largest absolute Gasteiger partial charge is 1.00 e. The molecular weight excluding hydrogens is 348 g/mol. The van der Waals surface area contributed by atoms with Crippen LogP contribution in [0.15, 0.2) is 48.8 Å². The second kappa shape index (κ2) is 10.9. The minimum atomic E-state index is -0.513. The van der Waals surface area contributed by atoms with Crippen LogP contribution in [0.4, 0.5) is 0 Å². The van der Waals surface area contributed by atoms with Crippen LogP contribution >= 0.6 is 0 Å². The topological polar surface area (TPSA) is 86.8 Å². The monoisotopic (exact) mass is 365 g/mol. The fraction of sp³-hybridized carbons (Fsp3) is 0.235. The number of benzene rings is 1. The number of nitrogens with one attached hydrogen (secondary N) is 1. The highest BCUT2D eigenvalue weighted by atomic mass is 35.5. The molecule has 1 amide bonds. The van der Waals surface area contributed by atoms with E-state index in [1.165, 1.54) is 6.20 Å². The molecule has 1 N–H and O–H groups in total. The highest BCUT2D eigenvalue weighted by molar-refractivity contribution is 5.93. The summed E-state index contributed by atoms with van der Waals surface area (Å²) in [7, 11) is 1.57. The number of pyridine rings is 1. The molecule has 2 rings (SSSR count). The standard InChI is InChI=1S/C17H18N2O5.ClH/c1-22-14-4-6-15(7-5-14)24-12-16(20)23-10-9-19-17(21)13-3-2-8-18-11-13;/h2-8,11H,9-10,12H2,1H3,(H,19,21);1H/p-1. The fourth-order valence-electron chi connectivity index (χ4n) is 1.78. The SMILES string of the molecule is COc1ccc(OCC(=O)OCCNC(=O)c2cccnc2)cc1.[Cl-]. The fourth-order valence-corrected chi connectivity index (χ4v) is 1.78. The molecule has 2 aromatic rings. The zero-order chi connectivity index (χ0) is 17.2. The van der Waals surface area contributed by atoms with E-state index in [-0.39, 0.29) is 38.1 Å². The summed E-state index contributed by atoms with van der Waals surface area (Å²) in [4.78, 5) is 27.1. The molecule has 0 aliphatic carbocycles. The Kier molecular flexibility index (Phi) is 8.81. The highest BCUT2D eigenvalue weighted by Gasteiger charge is 2.07. The molecule has 0 radical (unpaired) electrons. The second-order valence-corrected chi connectivity index (χ2v) is 4.68. The number of halogens is 1. The number of ether oxygens (including phenoxy) is 3. The first-order chi connectivity index (χ1) is 11.7. The van der Waals surface area contributed by atoms with Gasteiger partial charge in [-0.3, -0.25) is 9.78 Å². The molecule has 7 nitrogen and oxygen atoms in total. The number of hydrogen-bond donors (Lipinski definition) is 1. The summed E-state index contributed by atoms with van der Waals surface area (Å²) in [5, 5.41) is 2.63. The maximum Gasteiger partial charge on any atom is 0.344 e. The van der Waals surface area contributed by atoms with Gasteiger partial charge < -0.3 is 31.9 Å². The van der Waals surface area contributed by atoms with Crippen molar-refractivity contribution in [1.29, 1.82) is 0 Å². The minimum absolute atomic E-state index is 0. The van der Waals surface area contributed by atoms with Crippen LogP contribution in [0.25, 0.3) is 0 Å². The average Bonchev–Trinajstić information content (AvgIpc) is 2.64. The maximum absolute atomic E-state index is 11.7. The lowest BCUT2D eigenvalue weighted by molar-refractivity contribution is -0.145. The van der Waals surface area contributed by atoms with Gasteiger partial charge in [0.1, 0.15) is 18.1 Å². The van der Waals surface area contributed by atoms with Crippen molar-refractivity contribution in [3.05, 3.63) is 54.4 Å². The van der Waals surface area contributed by atoms with Gasteiger partial charge in [-0.1, -0.05) is 0 Å². The molecule has 0 saturated carbocycles. The Morgan fingerprint density at radius 1 is 1.12 bits per heavy atom. The van der Waals surface area contributed by atoms with Crippen molar-refractivity contribution in [3.8, 4) is 11.5 Å². The van der Waals surface area contributed by atoms with Crippen LogP contribution < -0.4 is 27.2 Å². The summed E-state index contributed by atoms with van der Waals surface area (Å²) in [6, 6.07) is 10.2. The summed E-state index contributed by atoms with van der Waals surface area (Å²) in [5.41, 5.74) is 0.451. The maximum atomic E-state index is 11.7. The van der Waals surface area contributed by atoms with Gasteiger partial charge in [0, 0.05) is 12.4 Å². The number of esters is 1. The first kappa shape index (κ1) is 20.2. The molecule has 0 fully saturated rings. The van der Waals surface area contributed by atoms with Gasteiger partial charge in [-0.15, -0.1) is 0 Å². The first-order valence-electron chi connectivity index (χ1n) is 7.30.